The fraction of sp³-hybridized carbons (Fsp3) is 0.407. The molecule has 1 aliphatic carbocycles. The van der Waals surface area contributed by atoms with Crippen LogP contribution in [0.15, 0.2) is 60.9 Å². The molecule has 2 aromatic heterocycles. The second kappa shape index (κ2) is 10.2. The van der Waals surface area contributed by atoms with E-state index in [1.54, 1.807) is 23.4 Å². The first-order chi connectivity index (χ1) is 16.7. The van der Waals surface area contributed by atoms with Crippen molar-refractivity contribution >= 4 is 11.8 Å². The number of amides is 2. The van der Waals surface area contributed by atoms with E-state index in [0.717, 1.165) is 36.9 Å². The van der Waals surface area contributed by atoms with Gasteiger partial charge < -0.3 is 10.2 Å². The molecular weight excluding hydrogens is 426 g/mol. The van der Waals surface area contributed by atoms with Gasteiger partial charge in [0.2, 0.25) is 5.91 Å². The fourth-order valence-electron chi connectivity index (χ4n) is 5.22. The molecule has 2 N–H and O–H groups in total. The number of hydrogen-bond acceptors (Lipinski definition) is 4. The molecule has 1 aromatic carbocycles. The fourth-order valence-corrected chi connectivity index (χ4v) is 5.22. The zero-order valence-corrected chi connectivity index (χ0v) is 19.3. The Morgan fingerprint density at radius 1 is 0.941 bits per heavy atom. The number of hydrogen-bond donors (Lipinski definition) is 2. The largest absolute Gasteiger partial charge is 0.353 e. The monoisotopic (exact) mass is 457 g/mol. The summed E-state index contributed by atoms with van der Waals surface area (Å²) in [5, 5.41) is 10.4. The summed E-state index contributed by atoms with van der Waals surface area (Å²) in [7, 11) is 0. The summed E-state index contributed by atoms with van der Waals surface area (Å²) in [5.74, 6) is 0.628. The van der Waals surface area contributed by atoms with Gasteiger partial charge in [-0.3, -0.25) is 19.7 Å². The average molecular weight is 458 g/mol. The number of H-pyrrole nitrogens is 1. The predicted octanol–water partition coefficient (Wildman–Crippen LogP) is 4.17. The number of rotatable bonds is 5. The molecule has 0 spiro atoms. The molecule has 3 heterocycles. The van der Waals surface area contributed by atoms with Crippen LogP contribution in [0.2, 0.25) is 0 Å². The van der Waals surface area contributed by atoms with Gasteiger partial charge in [0.15, 0.2) is 5.69 Å². The van der Waals surface area contributed by atoms with Crippen molar-refractivity contribution in [3.63, 3.8) is 0 Å². The highest BCUT2D eigenvalue weighted by atomic mass is 16.2. The number of aromatic amines is 1. The van der Waals surface area contributed by atoms with Crippen molar-refractivity contribution in [2.45, 2.75) is 50.5 Å². The zero-order chi connectivity index (χ0) is 23.3. The predicted molar refractivity (Wildman–Crippen MR) is 130 cm³/mol. The molecule has 0 bridgehead atoms. The third-order valence-corrected chi connectivity index (χ3v) is 7.27. The lowest BCUT2D eigenvalue weighted by atomic mass is 9.81. The smallest absolute Gasteiger partial charge is 0.274 e. The van der Waals surface area contributed by atoms with Gasteiger partial charge in [0.05, 0.1) is 5.69 Å². The van der Waals surface area contributed by atoms with Gasteiger partial charge in [0.1, 0.15) is 0 Å². The minimum atomic E-state index is -0.0931. The van der Waals surface area contributed by atoms with Gasteiger partial charge in [0.25, 0.3) is 5.91 Å². The molecule has 7 nitrogen and oxygen atoms in total. The highest BCUT2D eigenvalue weighted by molar-refractivity contribution is 5.93. The van der Waals surface area contributed by atoms with E-state index in [1.165, 1.54) is 5.56 Å². The Balaban J connectivity index is 1.08. The molecule has 34 heavy (non-hydrogen) atoms. The van der Waals surface area contributed by atoms with Crippen molar-refractivity contribution in [3.8, 4) is 11.3 Å². The van der Waals surface area contributed by atoms with E-state index in [-0.39, 0.29) is 23.8 Å². The van der Waals surface area contributed by atoms with Crippen LogP contribution >= 0.6 is 0 Å². The molecule has 1 saturated carbocycles. The molecule has 7 heteroatoms. The normalized spacial score (nSPS) is 21.2. The summed E-state index contributed by atoms with van der Waals surface area (Å²) in [5.41, 5.74) is 3.47. The Morgan fingerprint density at radius 2 is 1.71 bits per heavy atom. The van der Waals surface area contributed by atoms with Gasteiger partial charge >= 0.3 is 0 Å². The van der Waals surface area contributed by atoms with Crippen molar-refractivity contribution in [2.75, 3.05) is 13.1 Å². The molecular formula is C27H31N5O2. The molecule has 3 aromatic rings. The zero-order valence-electron chi connectivity index (χ0n) is 19.3. The molecule has 2 amide bonds. The SMILES string of the molecule is O=C(NC1CCC(c2ccccc2)CC1)C1CCN(C(=O)c2cc(-c3cccnc3)[nH]n2)CC1. The lowest BCUT2D eigenvalue weighted by molar-refractivity contribution is -0.127. The van der Waals surface area contributed by atoms with Crippen LogP contribution in [0.1, 0.15) is 60.5 Å². The van der Waals surface area contributed by atoms with Crippen LogP contribution in [0.4, 0.5) is 0 Å². The van der Waals surface area contributed by atoms with Crippen molar-refractivity contribution in [2.24, 2.45) is 5.92 Å². The lowest BCUT2D eigenvalue weighted by Crippen LogP contribution is -2.46. The number of carbonyl (C=O) groups is 2. The van der Waals surface area contributed by atoms with Crippen LogP contribution in [0, 0.1) is 5.92 Å². The number of carbonyl (C=O) groups excluding carboxylic acids is 2. The first-order valence-electron chi connectivity index (χ1n) is 12.3. The van der Waals surface area contributed by atoms with E-state index >= 15 is 0 Å². The van der Waals surface area contributed by atoms with E-state index in [4.69, 9.17) is 0 Å². The molecule has 0 unspecified atom stereocenters. The first kappa shape index (κ1) is 22.3. The highest BCUT2D eigenvalue weighted by Crippen LogP contribution is 2.33. The number of pyridine rings is 1. The van der Waals surface area contributed by atoms with E-state index in [0.29, 0.717) is 37.5 Å². The third-order valence-electron chi connectivity index (χ3n) is 7.27. The van der Waals surface area contributed by atoms with Crippen LogP contribution in [-0.2, 0) is 4.79 Å². The molecule has 0 atom stereocenters. The average Bonchev–Trinajstić information content (AvgIpc) is 3.40. The van der Waals surface area contributed by atoms with E-state index in [1.807, 2.05) is 12.1 Å². The number of likely N-dealkylation sites (tertiary alicyclic amines) is 1. The molecule has 1 aliphatic heterocycles. The van der Waals surface area contributed by atoms with Crippen molar-refractivity contribution in [1.82, 2.24) is 25.4 Å². The van der Waals surface area contributed by atoms with E-state index in [9.17, 15) is 9.59 Å². The summed E-state index contributed by atoms with van der Waals surface area (Å²) in [6.45, 7) is 1.15. The van der Waals surface area contributed by atoms with E-state index in [2.05, 4.69) is 50.8 Å². The number of aromatic nitrogens is 3. The van der Waals surface area contributed by atoms with Gasteiger partial charge in [-0.05, 0) is 68.2 Å². The standard InChI is InChI=1S/C27H31N5O2/c33-26(29-23-10-8-20(9-11-23)19-5-2-1-3-6-19)21-12-15-32(16-13-21)27(34)25-17-24(30-31-25)22-7-4-14-28-18-22/h1-7,14,17-18,20-21,23H,8-13,15-16H2,(H,29,33)(H,30,31). The van der Waals surface area contributed by atoms with E-state index < -0.39 is 0 Å². The van der Waals surface area contributed by atoms with Crippen LogP contribution in [0.25, 0.3) is 11.3 Å². The molecule has 2 fully saturated rings. The Labute approximate surface area is 200 Å². The Morgan fingerprint density at radius 3 is 2.41 bits per heavy atom. The number of nitrogens with zero attached hydrogens (tertiary/aromatic N) is 3. The van der Waals surface area contributed by atoms with Gasteiger partial charge in [-0.25, -0.2) is 0 Å². The van der Waals surface area contributed by atoms with Gasteiger partial charge in [0, 0.05) is 43.0 Å². The van der Waals surface area contributed by atoms with Gasteiger partial charge in [-0.15, -0.1) is 0 Å². The minimum absolute atomic E-state index is 0.0268. The third kappa shape index (κ3) is 5.03. The maximum absolute atomic E-state index is 12.9. The second-order valence-electron chi connectivity index (χ2n) is 9.44. The lowest BCUT2D eigenvalue weighted by Gasteiger charge is -2.33. The minimum Gasteiger partial charge on any atom is -0.353 e. The maximum Gasteiger partial charge on any atom is 0.274 e. The Kier molecular flexibility index (Phi) is 6.70. The van der Waals surface area contributed by atoms with Crippen molar-refractivity contribution in [1.29, 1.82) is 0 Å². The summed E-state index contributed by atoms with van der Waals surface area (Å²) in [6.07, 6.45) is 9.12. The molecule has 0 radical (unpaired) electrons. The molecule has 176 valence electrons. The summed E-state index contributed by atoms with van der Waals surface area (Å²) in [6, 6.07) is 16.5. The summed E-state index contributed by atoms with van der Waals surface area (Å²) < 4.78 is 0. The number of piperidine rings is 1. The molecule has 2 aliphatic rings. The van der Waals surface area contributed by atoms with Crippen molar-refractivity contribution in [3.05, 3.63) is 72.2 Å². The van der Waals surface area contributed by atoms with Crippen molar-refractivity contribution < 1.29 is 9.59 Å². The van der Waals surface area contributed by atoms with Crippen LogP contribution in [-0.4, -0.2) is 51.0 Å². The summed E-state index contributed by atoms with van der Waals surface area (Å²) in [4.78, 5) is 31.7. The van der Waals surface area contributed by atoms with Crippen LogP contribution in [0.5, 0.6) is 0 Å². The highest BCUT2D eigenvalue weighted by Gasteiger charge is 2.31. The molecule has 1 saturated heterocycles. The van der Waals surface area contributed by atoms with Crippen LogP contribution < -0.4 is 5.32 Å². The second-order valence-corrected chi connectivity index (χ2v) is 9.44. The quantitative estimate of drug-likeness (QED) is 0.602. The van der Waals surface area contributed by atoms with Gasteiger partial charge in [-0.2, -0.15) is 5.10 Å². The maximum atomic E-state index is 12.9. The Bertz CT molecular complexity index is 1100. The van der Waals surface area contributed by atoms with Crippen LogP contribution in [0.3, 0.4) is 0 Å². The number of nitrogens with one attached hydrogen (secondary N) is 2. The Hall–Kier alpha value is -3.48. The first-order valence-corrected chi connectivity index (χ1v) is 12.3. The number of benzene rings is 1. The molecule has 5 rings (SSSR count). The van der Waals surface area contributed by atoms with Gasteiger partial charge in [-0.1, -0.05) is 30.3 Å². The summed E-state index contributed by atoms with van der Waals surface area (Å²) >= 11 is 0. The topological polar surface area (TPSA) is 91.0 Å².